The normalized spacial score (nSPS) is 17.5. The Morgan fingerprint density at radius 3 is 2.84 bits per heavy atom. The summed E-state index contributed by atoms with van der Waals surface area (Å²) < 4.78 is 25.3. The molecular formula is C27H25FN2O2. The Kier molecular flexibility index (Phi) is 4.65. The molecule has 0 saturated carbocycles. The molecule has 32 heavy (non-hydrogen) atoms. The lowest BCUT2D eigenvalue weighted by Gasteiger charge is -2.40. The molecule has 1 unspecified atom stereocenters. The van der Waals surface area contributed by atoms with Crippen molar-refractivity contribution in [1.82, 2.24) is 9.88 Å². The minimum Gasteiger partial charge on any atom is -0.493 e. The van der Waals surface area contributed by atoms with Gasteiger partial charge in [0.2, 0.25) is 0 Å². The van der Waals surface area contributed by atoms with Gasteiger partial charge in [-0.15, -0.1) is 0 Å². The van der Waals surface area contributed by atoms with E-state index in [1.807, 2.05) is 6.07 Å². The van der Waals surface area contributed by atoms with Gasteiger partial charge in [0.15, 0.2) is 11.5 Å². The molecule has 6 rings (SSSR count). The zero-order valence-electron chi connectivity index (χ0n) is 18.0. The fourth-order valence-electron chi connectivity index (χ4n) is 5.27. The third-order valence-corrected chi connectivity index (χ3v) is 6.84. The van der Waals surface area contributed by atoms with Crippen molar-refractivity contribution in [2.24, 2.45) is 0 Å². The number of aromatic nitrogens is 1. The topological polar surface area (TPSA) is 37.5 Å². The molecule has 5 heteroatoms. The molecule has 0 fully saturated rings. The highest BCUT2D eigenvalue weighted by Gasteiger charge is 2.34. The number of aromatic amines is 1. The maximum atomic E-state index is 13.6. The molecule has 0 saturated heterocycles. The molecule has 0 aliphatic carbocycles. The van der Waals surface area contributed by atoms with Crippen LogP contribution in [0.4, 0.5) is 4.39 Å². The van der Waals surface area contributed by atoms with Crippen LogP contribution in [0.2, 0.25) is 0 Å². The molecule has 3 aromatic carbocycles. The van der Waals surface area contributed by atoms with Gasteiger partial charge >= 0.3 is 0 Å². The first-order valence-corrected chi connectivity index (χ1v) is 11.1. The Morgan fingerprint density at radius 2 is 1.97 bits per heavy atom. The SMILES string of the molecule is COc1cc2c(cc1OCc1cccc(F)c1)C1Cc3c([nH]c4ccccc34)CN1CC2. The highest BCUT2D eigenvalue weighted by Crippen LogP contribution is 2.43. The first-order chi connectivity index (χ1) is 15.7. The molecule has 1 aromatic heterocycles. The highest BCUT2D eigenvalue weighted by atomic mass is 19.1. The van der Waals surface area contributed by atoms with E-state index >= 15 is 0 Å². The number of fused-ring (bicyclic) bond motifs is 6. The quantitative estimate of drug-likeness (QED) is 0.463. The highest BCUT2D eigenvalue weighted by molar-refractivity contribution is 5.85. The molecule has 4 aromatic rings. The second-order valence-corrected chi connectivity index (χ2v) is 8.69. The van der Waals surface area contributed by atoms with Crippen molar-refractivity contribution in [1.29, 1.82) is 0 Å². The Hall–Kier alpha value is -3.31. The molecule has 1 N–H and O–H groups in total. The number of ether oxygens (including phenoxy) is 2. The molecule has 3 heterocycles. The first kappa shape index (κ1) is 19.4. The van der Waals surface area contributed by atoms with Crippen molar-refractivity contribution in [3.8, 4) is 11.5 Å². The van der Waals surface area contributed by atoms with E-state index in [0.29, 0.717) is 18.4 Å². The van der Waals surface area contributed by atoms with Gasteiger partial charge in [-0.25, -0.2) is 4.39 Å². The minimum atomic E-state index is -0.254. The summed E-state index contributed by atoms with van der Waals surface area (Å²) >= 11 is 0. The number of halogens is 1. The summed E-state index contributed by atoms with van der Waals surface area (Å²) in [6.45, 7) is 2.26. The minimum absolute atomic E-state index is 0.254. The van der Waals surface area contributed by atoms with Gasteiger partial charge in [0.25, 0.3) is 0 Å². The Morgan fingerprint density at radius 1 is 1.06 bits per heavy atom. The second-order valence-electron chi connectivity index (χ2n) is 8.69. The first-order valence-electron chi connectivity index (χ1n) is 11.1. The van der Waals surface area contributed by atoms with Crippen molar-refractivity contribution in [3.05, 3.63) is 94.4 Å². The van der Waals surface area contributed by atoms with Gasteiger partial charge in [-0.2, -0.15) is 0 Å². The van der Waals surface area contributed by atoms with Gasteiger partial charge < -0.3 is 14.5 Å². The summed E-state index contributed by atoms with van der Waals surface area (Å²) in [5.74, 6) is 1.19. The Balaban J connectivity index is 1.35. The van der Waals surface area contributed by atoms with Crippen LogP contribution in [0.3, 0.4) is 0 Å². The summed E-state index contributed by atoms with van der Waals surface area (Å²) in [6.07, 6.45) is 1.96. The zero-order valence-corrected chi connectivity index (χ0v) is 18.0. The van der Waals surface area contributed by atoms with Crippen LogP contribution in [0.5, 0.6) is 11.5 Å². The summed E-state index contributed by atoms with van der Waals surface area (Å²) in [5, 5.41) is 1.32. The van der Waals surface area contributed by atoms with E-state index < -0.39 is 0 Å². The molecule has 0 bridgehead atoms. The van der Waals surface area contributed by atoms with E-state index in [0.717, 1.165) is 37.2 Å². The third-order valence-electron chi connectivity index (χ3n) is 6.84. The smallest absolute Gasteiger partial charge is 0.162 e. The van der Waals surface area contributed by atoms with Crippen molar-refractivity contribution >= 4 is 10.9 Å². The van der Waals surface area contributed by atoms with Crippen molar-refractivity contribution in [3.63, 3.8) is 0 Å². The van der Waals surface area contributed by atoms with Crippen LogP contribution in [0.1, 0.15) is 34.0 Å². The number of H-pyrrole nitrogens is 1. The second kappa shape index (κ2) is 7.68. The number of nitrogens with zero attached hydrogens (tertiary/aromatic N) is 1. The Labute approximate surface area is 186 Å². The fourth-order valence-corrected chi connectivity index (χ4v) is 5.27. The van der Waals surface area contributed by atoms with Crippen LogP contribution < -0.4 is 9.47 Å². The number of rotatable bonds is 4. The average molecular weight is 429 g/mol. The predicted octanol–water partition coefficient (Wildman–Crippen LogP) is 5.55. The van der Waals surface area contributed by atoms with E-state index in [9.17, 15) is 4.39 Å². The molecule has 162 valence electrons. The van der Waals surface area contributed by atoms with E-state index in [1.165, 1.54) is 45.4 Å². The maximum Gasteiger partial charge on any atom is 0.162 e. The van der Waals surface area contributed by atoms with Gasteiger partial charge in [-0.05, 0) is 65.4 Å². The van der Waals surface area contributed by atoms with Gasteiger partial charge in [0.05, 0.1) is 7.11 Å². The fraction of sp³-hybridized carbons (Fsp3) is 0.259. The van der Waals surface area contributed by atoms with Crippen LogP contribution >= 0.6 is 0 Å². The monoisotopic (exact) mass is 428 g/mol. The summed E-state index contributed by atoms with van der Waals surface area (Å²) in [7, 11) is 1.67. The molecular weight excluding hydrogens is 403 g/mol. The van der Waals surface area contributed by atoms with Crippen LogP contribution in [0, 0.1) is 5.82 Å². The number of hydrogen-bond acceptors (Lipinski definition) is 3. The van der Waals surface area contributed by atoms with E-state index in [4.69, 9.17) is 9.47 Å². The van der Waals surface area contributed by atoms with Crippen molar-refractivity contribution in [2.45, 2.75) is 32.0 Å². The number of benzene rings is 3. The van der Waals surface area contributed by atoms with Crippen LogP contribution in [0.25, 0.3) is 10.9 Å². The largest absolute Gasteiger partial charge is 0.493 e. The summed E-state index contributed by atoms with van der Waals surface area (Å²) in [4.78, 5) is 6.19. The maximum absolute atomic E-state index is 13.6. The standard InChI is InChI=1S/C27H25FN2O2/c1-31-26-12-18-9-10-30-15-24-22(20-7-2-3-8-23(20)29-24)13-25(30)21(18)14-27(26)32-16-17-5-4-6-19(28)11-17/h2-8,11-12,14,25,29H,9-10,13,15-16H2,1H3. The molecule has 1 atom stereocenters. The lowest BCUT2D eigenvalue weighted by molar-refractivity contribution is 0.158. The number of hydrogen-bond donors (Lipinski definition) is 1. The van der Waals surface area contributed by atoms with Crippen LogP contribution in [-0.2, 0) is 26.0 Å². The lowest BCUT2D eigenvalue weighted by Crippen LogP contribution is -2.39. The Bertz CT molecular complexity index is 1310. The predicted molar refractivity (Wildman–Crippen MR) is 123 cm³/mol. The molecule has 2 aliphatic rings. The van der Waals surface area contributed by atoms with Gasteiger partial charge in [0.1, 0.15) is 12.4 Å². The van der Waals surface area contributed by atoms with Gasteiger partial charge in [-0.3, -0.25) is 4.90 Å². The number of nitrogens with one attached hydrogen (secondary N) is 1. The summed E-state index contributed by atoms with van der Waals surface area (Å²) in [6, 6.07) is 19.7. The molecule has 4 nitrogen and oxygen atoms in total. The van der Waals surface area contributed by atoms with Crippen molar-refractivity contribution in [2.75, 3.05) is 13.7 Å². The van der Waals surface area contributed by atoms with Crippen LogP contribution in [-0.4, -0.2) is 23.5 Å². The van der Waals surface area contributed by atoms with E-state index in [2.05, 4.69) is 46.3 Å². The van der Waals surface area contributed by atoms with E-state index in [-0.39, 0.29) is 5.82 Å². The average Bonchev–Trinajstić information content (AvgIpc) is 3.18. The van der Waals surface area contributed by atoms with Gasteiger partial charge in [-0.1, -0.05) is 30.3 Å². The molecule has 2 aliphatic heterocycles. The van der Waals surface area contributed by atoms with E-state index in [1.54, 1.807) is 13.2 Å². The lowest BCUT2D eigenvalue weighted by atomic mass is 9.85. The number of methoxy groups -OCH3 is 1. The number of para-hydroxylation sites is 1. The zero-order chi connectivity index (χ0) is 21.7. The third kappa shape index (κ3) is 3.24. The summed E-state index contributed by atoms with van der Waals surface area (Å²) in [5.41, 5.74) is 7.40. The molecule has 0 amide bonds. The molecule has 0 spiro atoms. The van der Waals surface area contributed by atoms with Gasteiger partial charge in [0, 0.05) is 35.7 Å². The molecule has 0 radical (unpaired) electrons. The van der Waals surface area contributed by atoms with Crippen LogP contribution in [0.15, 0.2) is 60.7 Å². The van der Waals surface area contributed by atoms with Crippen molar-refractivity contribution < 1.29 is 13.9 Å².